The van der Waals surface area contributed by atoms with Gasteiger partial charge in [0.15, 0.2) is 0 Å². The Kier molecular flexibility index (Phi) is 3.95. The van der Waals surface area contributed by atoms with Crippen LogP contribution in [0.1, 0.15) is 16.7 Å². The van der Waals surface area contributed by atoms with E-state index < -0.39 is 0 Å². The first-order valence-electron chi connectivity index (χ1n) is 6.11. The largest absolute Gasteiger partial charge is 0.355 e. The van der Waals surface area contributed by atoms with Gasteiger partial charge in [0.2, 0.25) is 0 Å². The van der Waals surface area contributed by atoms with E-state index in [1.54, 1.807) is 0 Å². The molecule has 94 valence electrons. The minimum Gasteiger partial charge on any atom is -0.355 e. The molecule has 0 fully saturated rings. The van der Waals surface area contributed by atoms with Crippen molar-refractivity contribution in [3.05, 3.63) is 59.3 Å². The second-order valence-electron chi connectivity index (χ2n) is 4.53. The smallest absolute Gasteiger partial charge is 0.131 e. The Bertz CT molecular complexity index is 508. The van der Waals surface area contributed by atoms with Gasteiger partial charge < -0.3 is 10.6 Å². The molecule has 3 heteroatoms. The van der Waals surface area contributed by atoms with Crippen molar-refractivity contribution in [3.63, 3.8) is 0 Å². The minimum atomic E-state index is 0.538. The van der Waals surface area contributed by atoms with Gasteiger partial charge >= 0.3 is 0 Å². The summed E-state index contributed by atoms with van der Waals surface area (Å²) >= 11 is 0. The lowest BCUT2D eigenvalue weighted by atomic mass is 10.1. The molecule has 0 spiro atoms. The highest BCUT2D eigenvalue weighted by Gasteiger charge is 2.07. The Morgan fingerprint density at radius 3 is 2.50 bits per heavy atom. The second-order valence-corrected chi connectivity index (χ2v) is 4.53. The lowest BCUT2D eigenvalue weighted by Gasteiger charge is -2.20. The number of hydrogen-bond donors (Lipinski definition) is 1. The lowest BCUT2D eigenvalue weighted by Crippen LogP contribution is -2.19. The van der Waals surface area contributed by atoms with E-state index in [1.807, 2.05) is 12.3 Å². The first kappa shape index (κ1) is 12.6. The lowest BCUT2D eigenvalue weighted by molar-refractivity contribution is 0.885. The molecule has 0 saturated carbocycles. The number of nitrogens with two attached hydrogens (primary N) is 1. The third kappa shape index (κ3) is 2.87. The summed E-state index contributed by atoms with van der Waals surface area (Å²) in [5.74, 6) is 1.01. The molecule has 2 N–H and O–H groups in total. The molecule has 2 aromatic rings. The molecule has 0 bridgehead atoms. The zero-order chi connectivity index (χ0) is 13.0. The molecule has 0 atom stereocenters. The minimum absolute atomic E-state index is 0.538. The van der Waals surface area contributed by atoms with Crippen LogP contribution in [0.15, 0.2) is 42.6 Å². The molecule has 1 aromatic heterocycles. The predicted molar refractivity (Wildman–Crippen MR) is 75.4 cm³/mol. The van der Waals surface area contributed by atoms with E-state index in [-0.39, 0.29) is 0 Å². The van der Waals surface area contributed by atoms with Crippen molar-refractivity contribution in [3.8, 4) is 0 Å². The van der Waals surface area contributed by atoms with Crippen LogP contribution in [-0.4, -0.2) is 12.0 Å². The molecule has 0 aliphatic heterocycles. The van der Waals surface area contributed by atoms with Crippen molar-refractivity contribution in [2.45, 2.75) is 20.0 Å². The zero-order valence-electron chi connectivity index (χ0n) is 10.9. The Hall–Kier alpha value is -1.87. The maximum absolute atomic E-state index is 5.61. The highest BCUT2D eigenvalue weighted by atomic mass is 15.2. The third-order valence-electron chi connectivity index (χ3n) is 2.97. The van der Waals surface area contributed by atoms with E-state index in [0.717, 1.165) is 23.5 Å². The van der Waals surface area contributed by atoms with Gasteiger partial charge in [-0.05, 0) is 29.7 Å². The molecule has 0 amide bonds. The van der Waals surface area contributed by atoms with E-state index in [4.69, 9.17) is 5.73 Å². The first-order valence-corrected chi connectivity index (χ1v) is 6.11. The number of aryl methyl sites for hydroxylation is 1. The molecular formula is C15H19N3. The van der Waals surface area contributed by atoms with Crippen LogP contribution < -0.4 is 10.6 Å². The van der Waals surface area contributed by atoms with E-state index in [0.29, 0.717) is 6.54 Å². The standard InChI is InChI=1S/C15H19N3/c1-12-8-14(9-16)10-17-15(12)18(2)11-13-6-4-3-5-7-13/h3-8,10H,9,11,16H2,1-2H3. The van der Waals surface area contributed by atoms with Crippen LogP contribution in [0, 0.1) is 6.92 Å². The average Bonchev–Trinajstić information content (AvgIpc) is 2.39. The van der Waals surface area contributed by atoms with Gasteiger partial charge in [-0.25, -0.2) is 4.98 Å². The fourth-order valence-electron chi connectivity index (χ4n) is 2.07. The summed E-state index contributed by atoms with van der Waals surface area (Å²) in [7, 11) is 2.06. The predicted octanol–water partition coefficient (Wildman–Crippen LogP) is 2.49. The molecule has 1 heterocycles. The van der Waals surface area contributed by atoms with Crippen LogP contribution in [0.25, 0.3) is 0 Å². The number of rotatable bonds is 4. The van der Waals surface area contributed by atoms with Gasteiger partial charge in [-0.3, -0.25) is 0 Å². The van der Waals surface area contributed by atoms with E-state index in [9.17, 15) is 0 Å². The molecule has 18 heavy (non-hydrogen) atoms. The first-order chi connectivity index (χ1) is 8.70. The van der Waals surface area contributed by atoms with Gasteiger partial charge in [0, 0.05) is 26.3 Å². The monoisotopic (exact) mass is 241 g/mol. The van der Waals surface area contributed by atoms with E-state index in [2.05, 4.69) is 54.2 Å². The summed E-state index contributed by atoms with van der Waals surface area (Å²) in [5.41, 5.74) is 9.13. The highest BCUT2D eigenvalue weighted by Crippen LogP contribution is 2.18. The molecule has 0 saturated heterocycles. The normalized spacial score (nSPS) is 10.4. The van der Waals surface area contributed by atoms with Gasteiger partial charge in [0.05, 0.1) is 0 Å². The van der Waals surface area contributed by atoms with Crippen molar-refractivity contribution < 1.29 is 0 Å². The highest BCUT2D eigenvalue weighted by molar-refractivity contribution is 5.47. The van der Waals surface area contributed by atoms with Gasteiger partial charge in [-0.15, -0.1) is 0 Å². The zero-order valence-corrected chi connectivity index (χ0v) is 10.9. The number of anilines is 1. The summed E-state index contributed by atoms with van der Waals surface area (Å²) in [4.78, 5) is 6.65. The van der Waals surface area contributed by atoms with Crippen LogP contribution in [0.3, 0.4) is 0 Å². The number of hydrogen-bond acceptors (Lipinski definition) is 3. The van der Waals surface area contributed by atoms with Gasteiger partial charge in [0.25, 0.3) is 0 Å². The van der Waals surface area contributed by atoms with Crippen molar-refractivity contribution in [1.29, 1.82) is 0 Å². The van der Waals surface area contributed by atoms with Crippen LogP contribution in [0.4, 0.5) is 5.82 Å². The molecule has 1 aromatic carbocycles. The van der Waals surface area contributed by atoms with Crippen molar-refractivity contribution in [2.24, 2.45) is 5.73 Å². The SMILES string of the molecule is Cc1cc(CN)cnc1N(C)Cc1ccccc1. The summed E-state index contributed by atoms with van der Waals surface area (Å²) in [5, 5.41) is 0. The van der Waals surface area contributed by atoms with Crippen LogP contribution in [0.2, 0.25) is 0 Å². The van der Waals surface area contributed by atoms with Crippen LogP contribution in [0.5, 0.6) is 0 Å². The fourth-order valence-corrected chi connectivity index (χ4v) is 2.07. The van der Waals surface area contributed by atoms with Crippen LogP contribution >= 0.6 is 0 Å². The van der Waals surface area contributed by atoms with Crippen molar-refractivity contribution in [1.82, 2.24) is 4.98 Å². The quantitative estimate of drug-likeness (QED) is 0.894. The number of aromatic nitrogens is 1. The Morgan fingerprint density at radius 1 is 1.17 bits per heavy atom. The topological polar surface area (TPSA) is 42.1 Å². The Labute approximate surface area is 108 Å². The van der Waals surface area contributed by atoms with Crippen molar-refractivity contribution in [2.75, 3.05) is 11.9 Å². The Morgan fingerprint density at radius 2 is 1.89 bits per heavy atom. The van der Waals surface area contributed by atoms with E-state index in [1.165, 1.54) is 5.56 Å². The van der Waals surface area contributed by atoms with Crippen LogP contribution in [-0.2, 0) is 13.1 Å². The summed E-state index contributed by atoms with van der Waals surface area (Å²) in [6, 6.07) is 12.5. The number of pyridine rings is 1. The maximum Gasteiger partial charge on any atom is 0.131 e. The molecule has 0 aliphatic carbocycles. The maximum atomic E-state index is 5.61. The molecule has 3 nitrogen and oxygen atoms in total. The van der Waals surface area contributed by atoms with Gasteiger partial charge in [-0.2, -0.15) is 0 Å². The molecule has 0 radical (unpaired) electrons. The second kappa shape index (κ2) is 5.65. The molecule has 0 aliphatic rings. The number of benzene rings is 1. The average molecular weight is 241 g/mol. The molecule has 0 unspecified atom stereocenters. The van der Waals surface area contributed by atoms with E-state index >= 15 is 0 Å². The summed E-state index contributed by atoms with van der Waals surface area (Å²) in [6.45, 7) is 3.47. The molecular weight excluding hydrogens is 222 g/mol. The third-order valence-corrected chi connectivity index (χ3v) is 2.97. The fraction of sp³-hybridized carbons (Fsp3) is 0.267. The van der Waals surface area contributed by atoms with Gasteiger partial charge in [0.1, 0.15) is 5.82 Å². The van der Waals surface area contributed by atoms with Gasteiger partial charge in [-0.1, -0.05) is 30.3 Å². The summed E-state index contributed by atoms with van der Waals surface area (Å²) < 4.78 is 0. The van der Waals surface area contributed by atoms with Crippen molar-refractivity contribution >= 4 is 5.82 Å². The number of nitrogens with zero attached hydrogens (tertiary/aromatic N) is 2. The molecule has 2 rings (SSSR count). The Balaban J connectivity index is 2.16. The summed E-state index contributed by atoms with van der Waals surface area (Å²) in [6.07, 6.45) is 1.85.